The van der Waals surface area contributed by atoms with E-state index in [1.807, 2.05) is 32.0 Å². The molecule has 2 N–H and O–H groups in total. The number of aromatic nitrogens is 2. The van der Waals surface area contributed by atoms with Gasteiger partial charge < -0.3 is 5.73 Å². The fourth-order valence-corrected chi connectivity index (χ4v) is 3.23. The van der Waals surface area contributed by atoms with Gasteiger partial charge in [0, 0.05) is 22.3 Å². The van der Waals surface area contributed by atoms with Gasteiger partial charge in [0.05, 0.1) is 5.02 Å². The first kappa shape index (κ1) is 16.3. The lowest BCUT2D eigenvalue weighted by molar-refractivity contribution is 0.646. The highest BCUT2D eigenvalue weighted by atomic mass is 35.5. The molecule has 1 atom stereocenters. The Balaban J connectivity index is 2.17. The summed E-state index contributed by atoms with van der Waals surface area (Å²) in [5, 5.41) is 1.45. The van der Waals surface area contributed by atoms with Gasteiger partial charge in [-0.2, -0.15) is 0 Å². The zero-order valence-electron chi connectivity index (χ0n) is 12.6. The highest BCUT2D eigenvalue weighted by molar-refractivity contribution is 7.99. The van der Waals surface area contributed by atoms with E-state index in [0.29, 0.717) is 0 Å². The van der Waals surface area contributed by atoms with Gasteiger partial charge in [-0.3, -0.25) is 0 Å². The molecule has 0 saturated carbocycles. The van der Waals surface area contributed by atoms with Gasteiger partial charge in [-0.1, -0.05) is 24.6 Å². The summed E-state index contributed by atoms with van der Waals surface area (Å²) in [6.45, 7) is 6.03. The Morgan fingerprint density at radius 2 is 1.86 bits per heavy atom. The summed E-state index contributed by atoms with van der Waals surface area (Å²) >= 11 is 7.86. The molecule has 1 unspecified atom stereocenters. The molecule has 0 aliphatic heterocycles. The molecule has 0 fully saturated rings. The predicted molar refractivity (Wildman–Crippen MR) is 89.1 cm³/mol. The van der Waals surface area contributed by atoms with Crippen LogP contribution in [0, 0.1) is 13.8 Å². The fourth-order valence-electron chi connectivity index (χ4n) is 2.04. The number of aryl methyl sites for hydroxylation is 2. The number of halogens is 1. The van der Waals surface area contributed by atoms with Crippen molar-refractivity contribution in [1.29, 1.82) is 0 Å². The molecule has 0 amide bonds. The second-order valence-electron chi connectivity index (χ2n) is 5.17. The van der Waals surface area contributed by atoms with Crippen LogP contribution in [-0.4, -0.2) is 16.0 Å². The standard InChI is InChI=1S/C16H20ClN3S/c1-4-13(18)8-12-5-6-15(14(17)9-12)21-16-19-10(2)7-11(3)20-16/h5-7,9,13H,4,8,18H2,1-3H3. The summed E-state index contributed by atoms with van der Waals surface area (Å²) in [5.74, 6) is 0. The molecule has 5 heteroatoms. The number of hydrogen-bond acceptors (Lipinski definition) is 4. The zero-order valence-corrected chi connectivity index (χ0v) is 14.1. The maximum absolute atomic E-state index is 6.37. The Labute approximate surface area is 135 Å². The van der Waals surface area contributed by atoms with Crippen LogP contribution < -0.4 is 5.73 Å². The summed E-state index contributed by atoms with van der Waals surface area (Å²) in [6, 6.07) is 8.23. The van der Waals surface area contributed by atoms with E-state index in [4.69, 9.17) is 17.3 Å². The molecular formula is C16H20ClN3S. The normalized spacial score (nSPS) is 12.4. The van der Waals surface area contributed by atoms with E-state index in [-0.39, 0.29) is 6.04 Å². The second kappa shape index (κ2) is 7.25. The number of nitrogens with two attached hydrogens (primary N) is 1. The van der Waals surface area contributed by atoms with Crippen molar-refractivity contribution in [1.82, 2.24) is 9.97 Å². The van der Waals surface area contributed by atoms with E-state index in [2.05, 4.69) is 23.0 Å². The minimum Gasteiger partial charge on any atom is -0.327 e. The van der Waals surface area contributed by atoms with Gasteiger partial charge in [-0.15, -0.1) is 0 Å². The van der Waals surface area contributed by atoms with Crippen LogP contribution in [0.5, 0.6) is 0 Å². The first-order valence-electron chi connectivity index (χ1n) is 7.02. The Morgan fingerprint density at radius 3 is 2.43 bits per heavy atom. The van der Waals surface area contributed by atoms with Crippen molar-refractivity contribution < 1.29 is 0 Å². The Morgan fingerprint density at radius 1 is 1.19 bits per heavy atom. The number of hydrogen-bond donors (Lipinski definition) is 1. The van der Waals surface area contributed by atoms with Crippen molar-refractivity contribution in [2.45, 2.75) is 49.7 Å². The van der Waals surface area contributed by atoms with Crippen molar-refractivity contribution in [3.8, 4) is 0 Å². The molecule has 1 heterocycles. The van der Waals surface area contributed by atoms with E-state index in [9.17, 15) is 0 Å². The summed E-state index contributed by atoms with van der Waals surface area (Å²) in [5.41, 5.74) is 9.08. The molecule has 1 aromatic carbocycles. The SMILES string of the molecule is CCC(N)Cc1ccc(Sc2nc(C)cc(C)n2)c(Cl)c1. The minimum atomic E-state index is 0.183. The van der Waals surface area contributed by atoms with Gasteiger partial charge in [-0.05, 0) is 62.2 Å². The topological polar surface area (TPSA) is 51.8 Å². The largest absolute Gasteiger partial charge is 0.327 e. The van der Waals surface area contributed by atoms with Crippen LogP contribution in [0.3, 0.4) is 0 Å². The van der Waals surface area contributed by atoms with Crippen molar-refractivity contribution in [3.63, 3.8) is 0 Å². The van der Waals surface area contributed by atoms with Gasteiger partial charge in [0.15, 0.2) is 5.16 Å². The molecule has 21 heavy (non-hydrogen) atoms. The van der Waals surface area contributed by atoms with Crippen LogP contribution in [0.1, 0.15) is 30.3 Å². The average Bonchev–Trinajstić information content (AvgIpc) is 2.40. The number of benzene rings is 1. The van der Waals surface area contributed by atoms with Gasteiger partial charge in [0.25, 0.3) is 0 Å². The van der Waals surface area contributed by atoms with Crippen LogP contribution >= 0.6 is 23.4 Å². The molecule has 0 radical (unpaired) electrons. The van der Waals surface area contributed by atoms with Crippen LogP contribution in [0.15, 0.2) is 34.3 Å². The van der Waals surface area contributed by atoms with E-state index < -0.39 is 0 Å². The lowest BCUT2D eigenvalue weighted by Crippen LogP contribution is -2.21. The van der Waals surface area contributed by atoms with Gasteiger partial charge in [0.2, 0.25) is 0 Å². The number of nitrogens with zero attached hydrogens (tertiary/aromatic N) is 2. The maximum Gasteiger partial charge on any atom is 0.192 e. The van der Waals surface area contributed by atoms with E-state index in [0.717, 1.165) is 39.3 Å². The van der Waals surface area contributed by atoms with Crippen LogP contribution in [0.25, 0.3) is 0 Å². The predicted octanol–water partition coefficient (Wildman–Crippen LogP) is 4.18. The fraction of sp³-hybridized carbons (Fsp3) is 0.375. The molecule has 112 valence electrons. The molecule has 0 saturated heterocycles. The van der Waals surface area contributed by atoms with Crippen molar-refractivity contribution in [3.05, 3.63) is 46.2 Å². The zero-order chi connectivity index (χ0) is 15.4. The summed E-state index contributed by atoms with van der Waals surface area (Å²) in [7, 11) is 0. The highest BCUT2D eigenvalue weighted by Gasteiger charge is 2.09. The van der Waals surface area contributed by atoms with Crippen molar-refractivity contribution in [2.75, 3.05) is 0 Å². The molecular weight excluding hydrogens is 302 g/mol. The quantitative estimate of drug-likeness (QED) is 0.839. The van der Waals surface area contributed by atoms with E-state index >= 15 is 0 Å². The molecule has 0 bridgehead atoms. The van der Waals surface area contributed by atoms with Crippen LogP contribution in [0.2, 0.25) is 5.02 Å². The van der Waals surface area contributed by atoms with Gasteiger partial charge in [-0.25, -0.2) is 9.97 Å². The molecule has 1 aromatic heterocycles. The molecule has 2 rings (SSSR count). The second-order valence-corrected chi connectivity index (χ2v) is 6.59. The molecule has 2 aromatic rings. The summed E-state index contributed by atoms with van der Waals surface area (Å²) in [6.07, 6.45) is 1.81. The third kappa shape index (κ3) is 4.70. The monoisotopic (exact) mass is 321 g/mol. The Bertz CT molecular complexity index is 611. The highest BCUT2D eigenvalue weighted by Crippen LogP contribution is 2.32. The molecule has 0 aliphatic rings. The van der Waals surface area contributed by atoms with Crippen LogP contribution in [0.4, 0.5) is 0 Å². The van der Waals surface area contributed by atoms with E-state index in [1.54, 1.807) is 0 Å². The first-order valence-corrected chi connectivity index (χ1v) is 8.21. The Hall–Kier alpha value is -1.10. The van der Waals surface area contributed by atoms with Crippen molar-refractivity contribution in [2.24, 2.45) is 5.73 Å². The maximum atomic E-state index is 6.37. The minimum absolute atomic E-state index is 0.183. The summed E-state index contributed by atoms with van der Waals surface area (Å²) < 4.78 is 0. The van der Waals surface area contributed by atoms with E-state index in [1.165, 1.54) is 17.3 Å². The first-order chi connectivity index (χ1) is 9.97. The molecule has 0 spiro atoms. The van der Waals surface area contributed by atoms with Crippen LogP contribution in [-0.2, 0) is 6.42 Å². The lowest BCUT2D eigenvalue weighted by Gasteiger charge is -2.10. The average molecular weight is 322 g/mol. The summed E-state index contributed by atoms with van der Waals surface area (Å²) in [4.78, 5) is 9.82. The van der Waals surface area contributed by atoms with Gasteiger partial charge in [0.1, 0.15) is 0 Å². The molecule has 3 nitrogen and oxygen atoms in total. The Kier molecular flexibility index (Phi) is 5.62. The third-order valence-corrected chi connectivity index (χ3v) is 4.55. The smallest absolute Gasteiger partial charge is 0.192 e. The van der Waals surface area contributed by atoms with Gasteiger partial charge >= 0.3 is 0 Å². The molecule has 0 aliphatic carbocycles. The third-order valence-electron chi connectivity index (χ3n) is 3.18. The number of rotatable bonds is 5. The van der Waals surface area contributed by atoms with Crippen molar-refractivity contribution >= 4 is 23.4 Å². The lowest BCUT2D eigenvalue weighted by atomic mass is 10.1.